The van der Waals surface area contributed by atoms with Gasteiger partial charge in [0, 0.05) is 49.4 Å². The topological polar surface area (TPSA) is 48.8 Å². The van der Waals surface area contributed by atoms with Crippen LogP contribution in [0.4, 0.5) is 0 Å². The first-order valence-electron chi connectivity index (χ1n) is 20.7. The summed E-state index contributed by atoms with van der Waals surface area (Å²) in [7, 11) is 0. The monoisotopic (exact) mass is 778 g/mol. The Kier molecular flexibility index (Phi) is 7.24. The Hall–Kier alpha value is -8.28. The predicted molar refractivity (Wildman–Crippen MR) is 252 cm³/mol. The minimum Gasteiger partial charge on any atom is -0.455 e. The van der Waals surface area contributed by atoms with Gasteiger partial charge >= 0.3 is 0 Å². The summed E-state index contributed by atoms with van der Waals surface area (Å²) >= 11 is 0. The van der Waals surface area contributed by atoms with Crippen LogP contribution in [0.15, 0.2) is 211 Å². The summed E-state index contributed by atoms with van der Waals surface area (Å²) in [6.45, 7) is 0. The second-order valence-corrected chi connectivity index (χ2v) is 15.7. The van der Waals surface area contributed by atoms with Crippen molar-refractivity contribution in [2.75, 3.05) is 0 Å². The normalized spacial score (nSPS) is 11.9. The van der Waals surface area contributed by atoms with Gasteiger partial charge in [-0.15, -0.1) is 0 Å². The van der Waals surface area contributed by atoms with Crippen molar-refractivity contribution in [3.63, 3.8) is 0 Å². The minimum absolute atomic E-state index is 0.843. The molecule has 5 nitrogen and oxygen atoms in total. The molecule has 284 valence electrons. The summed E-state index contributed by atoms with van der Waals surface area (Å²) in [6, 6.07) is 72.8. The summed E-state index contributed by atoms with van der Waals surface area (Å²) in [4.78, 5) is 10.7. The average molecular weight is 779 g/mol. The SMILES string of the molecule is c1ccc(-c2cc(-n3c4ccccc4c4c5c6ccccc6oc5c5c6ccccc6n(-c6ccccc6)c5c43)ccc2-c2nc3ccccc3nc2-c2ccccc2)cc1. The van der Waals surface area contributed by atoms with Crippen molar-refractivity contribution in [3.05, 3.63) is 206 Å². The third kappa shape index (κ3) is 4.95. The van der Waals surface area contributed by atoms with Crippen LogP contribution < -0.4 is 0 Å². The van der Waals surface area contributed by atoms with Crippen LogP contribution in [0.2, 0.25) is 0 Å². The van der Waals surface area contributed by atoms with E-state index < -0.39 is 0 Å². The van der Waals surface area contributed by atoms with Crippen molar-refractivity contribution in [3.8, 4) is 45.0 Å². The Morgan fingerprint density at radius 2 is 0.885 bits per heavy atom. The van der Waals surface area contributed by atoms with Gasteiger partial charge in [-0.3, -0.25) is 0 Å². The maximum absolute atomic E-state index is 6.98. The highest BCUT2D eigenvalue weighted by molar-refractivity contribution is 6.39. The molecule has 0 spiro atoms. The summed E-state index contributed by atoms with van der Waals surface area (Å²) in [5.41, 5.74) is 16.0. The number of nitrogens with zero attached hydrogens (tertiary/aromatic N) is 4. The predicted octanol–water partition coefficient (Wildman–Crippen LogP) is 14.7. The molecule has 0 aliphatic heterocycles. The summed E-state index contributed by atoms with van der Waals surface area (Å²) in [5, 5.41) is 6.81. The molecule has 61 heavy (non-hydrogen) atoms. The van der Waals surface area contributed by atoms with Crippen LogP contribution in [-0.2, 0) is 0 Å². The molecule has 0 amide bonds. The first-order chi connectivity index (χ1) is 30.3. The molecule has 4 heterocycles. The third-order valence-electron chi connectivity index (χ3n) is 12.3. The number of hydrogen-bond donors (Lipinski definition) is 0. The second kappa shape index (κ2) is 13.1. The zero-order chi connectivity index (χ0) is 40.0. The number of benzene rings is 9. The second-order valence-electron chi connectivity index (χ2n) is 15.7. The average Bonchev–Trinajstić information content (AvgIpc) is 4.00. The van der Waals surface area contributed by atoms with Gasteiger partial charge < -0.3 is 13.6 Å². The standard InChI is InChI=1S/C56H34N4O/c1-4-18-35(19-5-1)43-34-38(32-33-39(43)53-52(36-20-6-2-7-21-36)57-44-27-13-14-28-45(44)58-53)60-46-29-15-10-24-40(46)49-50-42-26-12-17-31-48(42)61-56(50)51-41-25-11-16-30-47(41)59(55(51)54(49)60)37-22-8-3-9-23-37/h1-34H. The molecule has 13 rings (SSSR count). The molecule has 0 fully saturated rings. The Balaban J connectivity index is 1.21. The highest BCUT2D eigenvalue weighted by Gasteiger charge is 2.28. The molecule has 0 bridgehead atoms. The van der Waals surface area contributed by atoms with Gasteiger partial charge in [-0.05, 0) is 65.7 Å². The Bertz CT molecular complexity index is 3860. The fraction of sp³-hybridized carbons (Fsp3) is 0. The van der Waals surface area contributed by atoms with E-state index >= 15 is 0 Å². The smallest absolute Gasteiger partial charge is 0.146 e. The van der Waals surface area contributed by atoms with Crippen LogP contribution >= 0.6 is 0 Å². The zero-order valence-corrected chi connectivity index (χ0v) is 32.8. The lowest BCUT2D eigenvalue weighted by molar-refractivity contribution is 0.673. The van der Waals surface area contributed by atoms with E-state index in [1.54, 1.807) is 0 Å². The molecule has 0 saturated heterocycles. The van der Waals surface area contributed by atoms with Crippen molar-refractivity contribution >= 4 is 76.6 Å². The van der Waals surface area contributed by atoms with Crippen molar-refractivity contribution in [1.82, 2.24) is 19.1 Å². The first kappa shape index (κ1) is 33.7. The molecule has 0 aliphatic carbocycles. The lowest BCUT2D eigenvalue weighted by Gasteiger charge is -2.18. The molecule has 5 heteroatoms. The highest BCUT2D eigenvalue weighted by atomic mass is 16.3. The Morgan fingerprint density at radius 1 is 0.361 bits per heavy atom. The molecule has 9 aromatic carbocycles. The van der Waals surface area contributed by atoms with E-state index in [1.165, 1.54) is 5.39 Å². The van der Waals surface area contributed by atoms with Crippen molar-refractivity contribution in [1.29, 1.82) is 0 Å². The van der Waals surface area contributed by atoms with E-state index in [0.29, 0.717) is 0 Å². The number of fused-ring (bicyclic) bond motifs is 13. The molecule has 0 saturated carbocycles. The Labute approximate surface area is 350 Å². The van der Waals surface area contributed by atoms with Crippen LogP contribution in [0.1, 0.15) is 0 Å². The lowest BCUT2D eigenvalue weighted by atomic mass is 9.94. The molecule has 0 unspecified atom stereocenters. The van der Waals surface area contributed by atoms with E-state index in [2.05, 4.69) is 185 Å². The molecular weight excluding hydrogens is 745 g/mol. The molecule has 13 aromatic rings. The van der Waals surface area contributed by atoms with Crippen molar-refractivity contribution < 1.29 is 4.42 Å². The summed E-state index contributed by atoms with van der Waals surface area (Å²) < 4.78 is 11.9. The van der Waals surface area contributed by atoms with Gasteiger partial charge in [-0.25, -0.2) is 9.97 Å². The maximum Gasteiger partial charge on any atom is 0.146 e. The number of hydrogen-bond acceptors (Lipinski definition) is 3. The van der Waals surface area contributed by atoms with Crippen LogP contribution in [0.5, 0.6) is 0 Å². The van der Waals surface area contributed by atoms with Gasteiger partial charge in [0.05, 0.1) is 49.9 Å². The van der Waals surface area contributed by atoms with E-state index in [9.17, 15) is 0 Å². The lowest BCUT2D eigenvalue weighted by Crippen LogP contribution is -2.01. The van der Waals surface area contributed by atoms with Gasteiger partial charge in [0.2, 0.25) is 0 Å². The minimum atomic E-state index is 0.843. The maximum atomic E-state index is 6.98. The van der Waals surface area contributed by atoms with Crippen LogP contribution in [0.3, 0.4) is 0 Å². The summed E-state index contributed by atoms with van der Waals surface area (Å²) in [5.74, 6) is 0. The van der Waals surface area contributed by atoms with Crippen LogP contribution in [-0.4, -0.2) is 19.1 Å². The Morgan fingerprint density at radius 3 is 1.59 bits per heavy atom. The molecule has 4 aromatic heterocycles. The van der Waals surface area contributed by atoms with E-state index in [-0.39, 0.29) is 0 Å². The molecule has 0 atom stereocenters. The van der Waals surface area contributed by atoms with Crippen molar-refractivity contribution in [2.24, 2.45) is 0 Å². The summed E-state index contributed by atoms with van der Waals surface area (Å²) in [6.07, 6.45) is 0. The highest BCUT2D eigenvalue weighted by Crippen LogP contribution is 2.50. The fourth-order valence-electron chi connectivity index (χ4n) is 9.71. The number of para-hydroxylation sites is 6. The van der Waals surface area contributed by atoms with Gasteiger partial charge in [0.25, 0.3) is 0 Å². The number of aromatic nitrogens is 4. The molecular formula is C56H34N4O. The molecule has 0 N–H and O–H groups in total. The quantitative estimate of drug-likeness (QED) is 0.175. The van der Waals surface area contributed by atoms with Crippen LogP contribution in [0, 0.1) is 0 Å². The van der Waals surface area contributed by atoms with Gasteiger partial charge in [-0.1, -0.05) is 152 Å². The molecule has 0 radical (unpaired) electrons. The third-order valence-corrected chi connectivity index (χ3v) is 12.3. The number of furan rings is 1. The number of rotatable bonds is 5. The van der Waals surface area contributed by atoms with Crippen molar-refractivity contribution in [2.45, 2.75) is 0 Å². The van der Waals surface area contributed by atoms with Gasteiger partial charge in [-0.2, -0.15) is 0 Å². The van der Waals surface area contributed by atoms with Gasteiger partial charge in [0.1, 0.15) is 11.2 Å². The molecule has 0 aliphatic rings. The van der Waals surface area contributed by atoms with E-state index in [1.807, 2.05) is 30.3 Å². The van der Waals surface area contributed by atoms with Gasteiger partial charge in [0.15, 0.2) is 0 Å². The van der Waals surface area contributed by atoms with Crippen LogP contribution in [0.25, 0.3) is 122 Å². The first-order valence-corrected chi connectivity index (χ1v) is 20.7. The fourth-order valence-corrected chi connectivity index (χ4v) is 9.71. The van der Waals surface area contributed by atoms with E-state index in [4.69, 9.17) is 14.4 Å². The van der Waals surface area contributed by atoms with E-state index in [0.717, 1.165) is 116 Å². The largest absolute Gasteiger partial charge is 0.455 e. The zero-order valence-electron chi connectivity index (χ0n) is 32.8.